The summed E-state index contributed by atoms with van der Waals surface area (Å²) >= 11 is 0. The molecule has 1 saturated heterocycles. The maximum absolute atomic E-state index is 12.7. The lowest BCUT2D eigenvalue weighted by Crippen LogP contribution is -2.49. The maximum atomic E-state index is 12.7. The van der Waals surface area contributed by atoms with Gasteiger partial charge in [0.1, 0.15) is 0 Å². The van der Waals surface area contributed by atoms with E-state index in [1.165, 1.54) is 0 Å². The molecule has 0 saturated carbocycles. The van der Waals surface area contributed by atoms with Gasteiger partial charge in [0.05, 0.1) is 0 Å². The topological polar surface area (TPSA) is 81.2 Å². The van der Waals surface area contributed by atoms with Crippen LogP contribution in [0.15, 0.2) is 39.6 Å². The molecule has 7 heteroatoms. The Bertz CT molecular complexity index is 882. The number of hydrogen-bond acceptors (Lipinski definition) is 5. The quantitative estimate of drug-likeness (QED) is 0.793. The van der Waals surface area contributed by atoms with Crippen LogP contribution in [0.2, 0.25) is 0 Å². The molecule has 1 amide bonds. The number of aromatic nitrogens is 3. The summed E-state index contributed by atoms with van der Waals surface area (Å²) in [5.74, 6) is 0.720. The molecule has 0 unspecified atom stereocenters. The van der Waals surface area contributed by atoms with E-state index in [9.17, 15) is 9.59 Å². The molecule has 2 aliphatic heterocycles. The van der Waals surface area contributed by atoms with Gasteiger partial charge in [-0.25, -0.2) is 0 Å². The van der Waals surface area contributed by atoms with E-state index in [2.05, 4.69) is 10.2 Å². The van der Waals surface area contributed by atoms with E-state index in [0.717, 1.165) is 12.1 Å². The van der Waals surface area contributed by atoms with Gasteiger partial charge in [0.25, 0.3) is 5.56 Å². The Morgan fingerprint density at radius 1 is 1.32 bits per heavy atom. The highest BCUT2D eigenvalue weighted by Crippen LogP contribution is 2.35. The largest absolute Gasteiger partial charge is 0.417 e. The van der Waals surface area contributed by atoms with Crippen LogP contribution in [-0.2, 0) is 13.0 Å². The fourth-order valence-corrected chi connectivity index (χ4v) is 3.84. The first kappa shape index (κ1) is 15.8. The number of likely N-dealkylation sites (tertiary alicyclic amines) is 1. The monoisotopic (exact) mass is 340 g/mol. The Morgan fingerprint density at radius 2 is 2.20 bits per heavy atom. The zero-order valence-electron chi connectivity index (χ0n) is 14.1. The maximum Gasteiger partial charge on any atom is 0.311 e. The Morgan fingerprint density at radius 3 is 3.04 bits per heavy atom. The van der Waals surface area contributed by atoms with Crippen LogP contribution in [-0.4, -0.2) is 38.7 Å². The van der Waals surface area contributed by atoms with E-state index < -0.39 is 0 Å². The van der Waals surface area contributed by atoms with Crippen molar-refractivity contribution in [2.75, 3.05) is 13.1 Å². The van der Waals surface area contributed by atoms with Crippen LogP contribution in [0.1, 0.15) is 41.5 Å². The van der Waals surface area contributed by atoms with Crippen molar-refractivity contribution < 1.29 is 9.21 Å². The lowest BCUT2D eigenvalue weighted by atomic mass is 9.83. The van der Waals surface area contributed by atoms with E-state index in [0.29, 0.717) is 31.9 Å². The molecule has 0 N–H and O–H groups in total. The Balaban J connectivity index is 1.54. The number of allylic oxidation sites excluding steroid dienone is 2. The molecule has 2 atom stereocenters. The van der Waals surface area contributed by atoms with Crippen LogP contribution in [0, 0.1) is 5.92 Å². The first-order valence-electron chi connectivity index (χ1n) is 8.58. The van der Waals surface area contributed by atoms with Crippen molar-refractivity contribution in [2.24, 2.45) is 5.92 Å². The van der Waals surface area contributed by atoms with Gasteiger partial charge in [0.15, 0.2) is 0 Å². The molecule has 2 aromatic heterocycles. The summed E-state index contributed by atoms with van der Waals surface area (Å²) in [6.45, 7) is 3.76. The molecule has 1 fully saturated rings. The first-order chi connectivity index (χ1) is 12.2. The van der Waals surface area contributed by atoms with Crippen molar-refractivity contribution >= 4 is 5.91 Å². The molecule has 2 aliphatic rings. The molecule has 0 aliphatic carbocycles. The number of rotatable bonds is 3. The number of carbonyl (C=O) groups excluding carboxylic acids is 1. The summed E-state index contributed by atoms with van der Waals surface area (Å²) < 4.78 is 7.34. The minimum atomic E-state index is -0.222. The number of carbonyl (C=O) groups is 1. The second-order valence-corrected chi connectivity index (χ2v) is 6.68. The summed E-state index contributed by atoms with van der Waals surface area (Å²) in [5, 5.41) is 7.83. The Kier molecular flexibility index (Phi) is 3.99. The van der Waals surface area contributed by atoms with Crippen molar-refractivity contribution in [3.63, 3.8) is 0 Å². The molecule has 0 aromatic carbocycles. The van der Waals surface area contributed by atoms with Crippen LogP contribution in [0.5, 0.6) is 0 Å². The third kappa shape index (κ3) is 2.90. The Hall–Kier alpha value is -2.70. The van der Waals surface area contributed by atoms with Crippen molar-refractivity contribution in [1.82, 2.24) is 19.7 Å². The molecule has 0 spiro atoms. The van der Waals surface area contributed by atoms with Gasteiger partial charge in [-0.05, 0) is 25.3 Å². The van der Waals surface area contributed by atoms with Gasteiger partial charge in [-0.2, -0.15) is 0 Å². The number of nitrogens with zero attached hydrogens (tertiary/aromatic N) is 4. The molecule has 0 radical (unpaired) electrons. The SMILES string of the molecule is C/C=C/Cc1nnc(C(=O)N2C[C@H]3C[C@@H](C2)c2cccc(=O)n2C3)o1. The Labute approximate surface area is 145 Å². The third-order valence-electron chi connectivity index (χ3n) is 4.94. The summed E-state index contributed by atoms with van der Waals surface area (Å²) in [7, 11) is 0. The van der Waals surface area contributed by atoms with Crippen molar-refractivity contribution in [3.8, 4) is 0 Å². The minimum Gasteiger partial charge on any atom is -0.417 e. The van der Waals surface area contributed by atoms with Crippen LogP contribution in [0.3, 0.4) is 0 Å². The van der Waals surface area contributed by atoms with Crippen LogP contribution in [0.25, 0.3) is 0 Å². The van der Waals surface area contributed by atoms with E-state index in [4.69, 9.17) is 4.42 Å². The first-order valence-corrected chi connectivity index (χ1v) is 8.58. The van der Waals surface area contributed by atoms with E-state index in [-0.39, 0.29) is 29.2 Å². The van der Waals surface area contributed by atoms with Gasteiger partial charge < -0.3 is 13.9 Å². The van der Waals surface area contributed by atoms with E-state index in [1.54, 1.807) is 17.0 Å². The van der Waals surface area contributed by atoms with Gasteiger partial charge in [0, 0.05) is 43.7 Å². The molecule has 2 bridgehead atoms. The highest BCUT2D eigenvalue weighted by molar-refractivity contribution is 5.89. The van der Waals surface area contributed by atoms with E-state index >= 15 is 0 Å². The second-order valence-electron chi connectivity index (χ2n) is 6.68. The normalized spacial score (nSPS) is 22.2. The highest BCUT2D eigenvalue weighted by atomic mass is 16.4. The van der Waals surface area contributed by atoms with Gasteiger partial charge in [-0.15, -0.1) is 10.2 Å². The number of hydrogen-bond donors (Lipinski definition) is 0. The fourth-order valence-electron chi connectivity index (χ4n) is 3.84. The van der Waals surface area contributed by atoms with E-state index in [1.807, 2.05) is 29.7 Å². The molecule has 2 aromatic rings. The van der Waals surface area contributed by atoms with Gasteiger partial charge >= 0.3 is 11.8 Å². The predicted octanol–water partition coefficient (Wildman–Crippen LogP) is 1.61. The number of pyridine rings is 1. The zero-order valence-corrected chi connectivity index (χ0v) is 14.1. The fraction of sp³-hybridized carbons (Fsp3) is 0.444. The molecule has 7 nitrogen and oxygen atoms in total. The predicted molar refractivity (Wildman–Crippen MR) is 90.3 cm³/mol. The number of amides is 1. The average molecular weight is 340 g/mol. The van der Waals surface area contributed by atoms with Crippen LogP contribution in [0.4, 0.5) is 0 Å². The molecular formula is C18H20N4O3. The van der Waals surface area contributed by atoms with Gasteiger partial charge in [-0.3, -0.25) is 9.59 Å². The molecule has 25 heavy (non-hydrogen) atoms. The second kappa shape index (κ2) is 6.31. The molecular weight excluding hydrogens is 320 g/mol. The number of fused-ring (bicyclic) bond motifs is 4. The lowest BCUT2D eigenvalue weighted by Gasteiger charge is -2.42. The van der Waals surface area contributed by atoms with Crippen LogP contribution < -0.4 is 5.56 Å². The molecule has 130 valence electrons. The summed E-state index contributed by atoms with van der Waals surface area (Å²) in [6.07, 6.45) is 5.33. The standard InChI is InChI=1S/C18H20N4O3/c1-2-3-6-15-19-20-17(25-15)18(24)21-9-12-8-13(11-21)14-5-4-7-16(23)22(14)10-12/h2-5,7,12-13H,6,8-11H2,1H3/b3-2+/t12-,13+/m1/s1. The summed E-state index contributed by atoms with van der Waals surface area (Å²) in [4.78, 5) is 26.6. The van der Waals surface area contributed by atoms with Crippen LogP contribution >= 0.6 is 0 Å². The molecule has 4 rings (SSSR count). The highest BCUT2D eigenvalue weighted by Gasteiger charge is 2.37. The minimum absolute atomic E-state index is 0.0394. The van der Waals surface area contributed by atoms with Gasteiger partial charge in [0.2, 0.25) is 5.89 Å². The zero-order chi connectivity index (χ0) is 17.4. The summed E-state index contributed by atoms with van der Waals surface area (Å²) in [5.41, 5.74) is 1.05. The van der Waals surface area contributed by atoms with Gasteiger partial charge in [-0.1, -0.05) is 18.2 Å². The van der Waals surface area contributed by atoms with Crippen molar-refractivity contribution in [2.45, 2.75) is 32.2 Å². The average Bonchev–Trinajstić information content (AvgIpc) is 3.09. The lowest BCUT2D eigenvalue weighted by molar-refractivity contribution is 0.0554. The summed E-state index contributed by atoms with van der Waals surface area (Å²) in [6, 6.07) is 5.37. The van der Waals surface area contributed by atoms with Crippen molar-refractivity contribution in [1.29, 1.82) is 0 Å². The third-order valence-corrected chi connectivity index (χ3v) is 4.94. The smallest absolute Gasteiger partial charge is 0.311 e. The van der Waals surface area contributed by atoms with Crippen molar-refractivity contribution in [3.05, 3.63) is 58.2 Å². The number of piperidine rings is 1. The molecule has 4 heterocycles.